The van der Waals surface area contributed by atoms with Crippen molar-refractivity contribution < 1.29 is 19.1 Å². The van der Waals surface area contributed by atoms with E-state index in [4.69, 9.17) is 27.9 Å². The van der Waals surface area contributed by atoms with Crippen LogP contribution in [0.1, 0.15) is 24.8 Å². The number of barbiturate groups is 1. The molecule has 2 heterocycles. The lowest BCUT2D eigenvalue weighted by molar-refractivity contribution is -0.122. The van der Waals surface area contributed by atoms with Crippen molar-refractivity contribution >= 4 is 58.5 Å². The van der Waals surface area contributed by atoms with Crippen molar-refractivity contribution in [2.75, 3.05) is 30.0 Å². The number of benzene rings is 2. The highest BCUT2D eigenvalue weighted by atomic mass is 35.5. The van der Waals surface area contributed by atoms with Crippen LogP contribution < -0.4 is 19.9 Å². The van der Waals surface area contributed by atoms with E-state index < -0.39 is 17.8 Å². The van der Waals surface area contributed by atoms with E-state index >= 15 is 0 Å². The van der Waals surface area contributed by atoms with Crippen molar-refractivity contribution in [3.63, 3.8) is 0 Å². The molecule has 7 nitrogen and oxygen atoms in total. The highest BCUT2D eigenvalue weighted by Gasteiger charge is 2.37. The molecule has 4 rings (SSSR count). The minimum absolute atomic E-state index is 0.183. The predicted molar refractivity (Wildman–Crippen MR) is 125 cm³/mol. The Bertz CT molecular complexity index is 1130. The van der Waals surface area contributed by atoms with Gasteiger partial charge in [0.25, 0.3) is 11.8 Å². The number of urea groups is 1. The fourth-order valence-electron chi connectivity index (χ4n) is 3.84. The molecule has 0 saturated carbocycles. The van der Waals surface area contributed by atoms with Crippen molar-refractivity contribution in [1.29, 1.82) is 0 Å². The summed E-state index contributed by atoms with van der Waals surface area (Å²) < 4.78 is 5.52. The van der Waals surface area contributed by atoms with E-state index in [-0.39, 0.29) is 21.3 Å². The molecule has 0 radical (unpaired) electrons. The number of imide groups is 2. The van der Waals surface area contributed by atoms with Crippen LogP contribution in [0, 0.1) is 0 Å². The average molecular weight is 474 g/mol. The monoisotopic (exact) mass is 473 g/mol. The van der Waals surface area contributed by atoms with Crippen LogP contribution in [-0.2, 0) is 9.59 Å². The van der Waals surface area contributed by atoms with Gasteiger partial charge in [0.2, 0.25) is 0 Å². The van der Waals surface area contributed by atoms with Gasteiger partial charge in [0.15, 0.2) is 0 Å². The summed E-state index contributed by atoms with van der Waals surface area (Å²) in [4.78, 5) is 41.1. The largest absolute Gasteiger partial charge is 0.496 e. The Kier molecular flexibility index (Phi) is 6.39. The Morgan fingerprint density at radius 3 is 2.34 bits per heavy atom. The lowest BCUT2D eigenvalue weighted by Gasteiger charge is -2.29. The number of piperidine rings is 1. The number of amides is 4. The van der Waals surface area contributed by atoms with E-state index in [0.717, 1.165) is 36.5 Å². The molecular formula is C23H21Cl2N3O4. The number of carbonyl (C=O) groups is 3. The van der Waals surface area contributed by atoms with E-state index in [9.17, 15) is 14.4 Å². The third-order valence-electron chi connectivity index (χ3n) is 5.50. The maximum absolute atomic E-state index is 13.1. The third-order valence-corrected chi connectivity index (χ3v) is 6.24. The van der Waals surface area contributed by atoms with Gasteiger partial charge in [-0.1, -0.05) is 23.2 Å². The van der Waals surface area contributed by atoms with Crippen molar-refractivity contribution in [1.82, 2.24) is 5.32 Å². The van der Waals surface area contributed by atoms with Gasteiger partial charge in [0.1, 0.15) is 11.3 Å². The molecule has 0 bridgehead atoms. The standard InChI is InChI=1S/C23H21Cl2N3O4/c1-32-20-13-15(27-9-3-2-4-10-27)6-5-14(20)11-17-21(29)26-23(31)28(22(17)30)16-7-8-18(24)19(25)12-16/h5-8,11-13H,2-4,9-10H2,1H3,(H,26,29,31)/b17-11+. The quantitative estimate of drug-likeness (QED) is 0.515. The second-order valence-electron chi connectivity index (χ2n) is 7.53. The molecule has 166 valence electrons. The fourth-order valence-corrected chi connectivity index (χ4v) is 4.13. The number of hydrogen-bond donors (Lipinski definition) is 1. The molecule has 2 saturated heterocycles. The minimum atomic E-state index is -0.858. The zero-order chi connectivity index (χ0) is 22.8. The van der Waals surface area contributed by atoms with Gasteiger partial charge in [0.05, 0.1) is 22.8 Å². The molecule has 9 heteroatoms. The van der Waals surface area contributed by atoms with Crippen LogP contribution in [-0.4, -0.2) is 38.0 Å². The first-order valence-corrected chi connectivity index (χ1v) is 10.9. The molecule has 1 N–H and O–H groups in total. The van der Waals surface area contributed by atoms with Crippen LogP contribution >= 0.6 is 23.2 Å². The molecule has 4 amide bonds. The van der Waals surface area contributed by atoms with Crippen LogP contribution in [0.4, 0.5) is 16.2 Å². The normalized spacial score (nSPS) is 18.2. The maximum Gasteiger partial charge on any atom is 0.335 e. The Morgan fingerprint density at radius 2 is 1.66 bits per heavy atom. The lowest BCUT2D eigenvalue weighted by atomic mass is 10.0. The van der Waals surface area contributed by atoms with Crippen LogP contribution in [0.15, 0.2) is 42.0 Å². The molecule has 2 aromatic carbocycles. The predicted octanol–water partition coefficient (Wildman–Crippen LogP) is 4.66. The zero-order valence-electron chi connectivity index (χ0n) is 17.4. The molecule has 2 fully saturated rings. The summed E-state index contributed by atoms with van der Waals surface area (Å²) in [5.74, 6) is -1.02. The smallest absolute Gasteiger partial charge is 0.335 e. The molecular weight excluding hydrogens is 453 g/mol. The first-order valence-electron chi connectivity index (χ1n) is 10.2. The summed E-state index contributed by atoms with van der Waals surface area (Å²) >= 11 is 12.0. The first-order chi connectivity index (χ1) is 15.4. The summed E-state index contributed by atoms with van der Waals surface area (Å²) in [6, 6.07) is 9.12. The molecule has 0 atom stereocenters. The molecule has 2 aromatic rings. The van der Waals surface area contributed by atoms with E-state index in [1.54, 1.807) is 6.07 Å². The number of methoxy groups -OCH3 is 1. The van der Waals surface area contributed by atoms with Crippen molar-refractivity contribution in [2.45, 2.75) is 19.3 Å². The number of nitrogens with zero attached hydrogens (tertiary/aromatic N) is 2. The van der Waals surface area contributed by atoms with Gasteiger partial charge in [-0.3, -0.25) is 14.9 Å². The van der Waals surface area contributed by atoms with Crippen molar-refractivity contribution in [2.24, 2.45) is 0 Å². The zero-order valence-corrected chi connectivity index (χ0v) is 18.9. The Morgan fingerprint density at radius 1 is 0.938 bits per heavy atom. The SMILES string of the molecule is COc1cc(N2CCCCC2)ccc1/C=C1\C(=O)NC(=O)N(c2ccc(Cl)c(Cl)c2)C1=O. The fraction of sp³-hybridized carbons (Fsp3) is 0.261. The van der Waals surface area contributed by atoms with Crippen molar-refractivity contribution in [3.8, 4) is 5.75 Å². The molecule has 32 heavy (non-hydrogen) atoms. The van der Waals surface area contributed by atoms with Crippen LogP contribution in [0.2, 0.25) is 10.0 Å². The van der Waals surface area contributed by atoms with E-state index in [1.807, 2.05) is 12.1 Å². The van der Waals surface area contributed by atoms with Crippen molar-refractivity contribution in [3.05, 3.63) is 57.6 Å². The number of ether oxygens (including phenoxy) is 1. The summed E-state index contributed by atoms with van der Waals surface area (Å²) in [6.07, 6.45) is 4.93. The molecule has 0 aliphatic carbocycles. The summed E-state index contributed by atoms with van der Waals surface area (Å²) in [5, 5.41) is 2.66. The Labute approximate surface area is 195 Å². The molecule has 2 aliphatic heterocycles. The number of hydrogen-bond acceptors (Lipinski definition) is 5. The number of nitrogens with one attached hydrogen (secondary N) is 1. The van der Waals surface area contributed by atoms with Crippen LogP contribution in [0.3, 0.4) is 0 Å². The van der Waals surface area contributed by atoms with Gasteiger partial charge in [-0.15, -0.1) is 0 Å². The van der Waals surface area contributed by atoms with E-state index in [0.29, 0.717) is 11.3 Å². The number of rotatable bonds is 4. The minimum Gasteiger partial charge on any atom is -0.496 e. The van der Waals surface area contributed by atoms with E-state index in [1.165, 1.54) is 37.8 Å². The third kappa shape index (κ3) is 4.31. The van der Waals surface area contributed by atoms with Gasteiger partial charge in [0, 0.05) is 30.4 Å². The Balaban J connectivity index is 1.68. The highest BCUT2D eigenvalue weighted by Crippen LogP contribution is 2.32. The van der Waals surface area contributed by atoms with Crippen LogP contribution in [0.25, 0.3) is 6.08 Å². The van der Waals surface area contributed by atoms with E-state index in [2.05, 4.69) is 10.2 Å². The second kappa shape index (κ2) is 9.22. The molecule has 0 spiro atoms. The average Bonchev–Trinajstić information content (AvgIpc) is 2.79. The number of carbonyl (C=O) groups excluding carboxylic acids is 3. The van der Waals surface area contributed by atoms with Gasteiger partial charge in [-0.2, -0.15) is 0 Å². The molecule has 0 unspecified atom stereocenters. The Hall–Kier alpha value is -3.03. The molecule has 0 aromatic heterocycles. The maximum atomic E-state index is 13.1. The van der Waals surface area contributed by atoms with Crippen LogP contribution in [0.5, 0.6) is 5.75 Å². The molecule has 2 aliphatic rings. The summed E-state index contributed by atoms with van der Waals surface area (Å²) in [5.41, 5.74) is 1.58. The number of anilines is 2. The first kappa shape index (κ1) is 22.2. The van der Waals surface area contributed by atoms with Gasteiger partial charge in [-0.05, 0) is 55.7 Å². The number of halogens is 2. The van der Waals surface area contributed by atoms with Gasteiger partial charge < -0.3 is 9.64 Å². The van der Waals surface area contributed by atoms with Gasteiger partial charge >= 0.3 is 6.03 Å². The highest BCUT2D eigenvalue weighted by molar-refractivity contribution is 6.43. The topological polar surface area (TPSA) is 79.0 Å². The second-order valence-corrected chi connectivity index (χ2v) is 8.34. The summed E-state index contributed by atoms with van der Waals surface area (Å²) in [7, 11) is 1.53. The summed E-state index contributed by atoms with van der Waals surface area (Å²) in [6.45, 7) is 1.95. The lowest BCUT2D eigenvalue weighted by Crippen LogP contribution is -2.54. The van der Waals surface area contributed by atoms with Gasteiger partial charge in [-0.25, -0.2) is 9.69 Å².